The summed E-state index contributed by atoms with van der Waals surface area (Å²) >= 11 is 0. The molecule has 1 aliphatic carbocycles. The highest BCUT2D eigenvalue weighted by atomic mass is 16.4. The van der Waals surface area contributed by atoms with Crippen molar-refractivity contribution in [2.24, 2.45) is 11.1 Å². The SMILES string of the molecule is CC1(C(=O)O)C=C(N)C=C(C(=O)O)C1.c1ccc(-c2ccn[nH]2)nc1. The lowest BCUT2D eigenvalue weighted by Gasteiger charge is -2.24. The first-order valence-electron chi connectivity index (χ1n) is 7.38. The summed E-state index contributed by atoms with van der Waals surface area (Å²) in [6.07, 6.45) is 6.08. The van der Waals surface area contributed by atoms with Gasteiger partial charge in [0.1, 0.15) is 0 Å². The van der Waals surface area contributed by atoms with E-state index in [1.807, 2.05) is 24.3 Å². The quantitative estimate of drug-likeness (QED) is 0.666. The Bertz CT molecular complexity index is 812. The Balaban J connectivity index is 0.000000185. The number of carboxylic acid groups (broad SMARTS) is 2. The van der Waals surface area contributed by atoms with Crippen molar-refractivity contribution in [3.05, 3.63) is 60.1 Å². The maximum absolute atomic E-state index is 10.9. The Morgan fingerprint density at radius 2 is 2.00 bits per heavy atom. The largest absolute Gasteiger partial charge is 0.481 e. The molecule has 2 heterocycles. The smallest absolute Gasteiger partial charge is 0.331 e. The second kappa shape index (κ2) is 7.43. The average molecular weight is 342 g/mol. The molecule has 8 nitrogen and oxygen atoms in total. The highest BCUT2D eigenvalue weighted by Crippen LogP contribution is 2.32. The second-order valence-corrected chi connectivity index (χ2v) is 5.70. The van der Waals surface area contributed by atoms with Crippen molar-refractivity contribution in [2.75, 3.05) is 0 Å². The molecule has 0 fully saturated rings. The van der Waals surface area contributed by atoms with Crippen molar-refractivity contribution in [2.45, 2.75) is 13.3 Å². The van der Waals surface area contributed by atoms with E-state index in [2.05, 4.69) is 15.2 Å². The minimum Gasteiger partial charge on any atom is -0.481 e. The van der Waals surface area contributed by atoms with E-state index >= 15 is 0 Å². The number of carbonyl (C=O) groups is 2. The Morgan fingerprint density at radius 1 is 1.24 bits per heavy atom. The lowest BCUT2D eigenvalue weighted by Crippen LogP contribution is -2.30. The number of aliphatic carboxylic acids is 2. The van der Waals surface area contributed by atoms with E-state index in [4.69, 9.17) is 15.9 Å². The van der Waals surface area contributed by atoms with Crippen molar-refractivity contribution in [3.8, 4) is 11.4 Å². The first-order chi connectivity index (χ1) is 11.8. The van der Waals surface area contributed by atoms with Crippen LogP contribution >= 0.6 is 0 Å². The zero-order valence-electron chi connectivity index (χ0n) is 13.5. The molecule has 0 saturated heterocycles. The van der Waals surface area contributed by atoms with E-state index in [0.29, 0.717) is 0 Å². The van der Waals surface area contributed by atoms with E-state index in [1.165, 1.54) is 19.1 Å². The van der Waals surface area contributed by atoms with Crippen molar-refractivity contribution in [1.29, 1.82) is 0 Å². The van der Waals surface area contributed by atoms with Gasteiger partial charge in [0.05, 0.1) is 16.8 Å². The Labute approximate surface area is 143 Å². The van der Waals surface area contributed by atoms with Gasteiger partial charge in [0.25, 0.3) is 0 Å². The summed E-state index contributed by atoms with van der Waals surface area (Å²) < 4.78 is 0. The number of nitrogens with two attached hydrogens (primary N) is 1. The fraction of sp³-hybridized carbons (Fsp3) is 0.176. The molecular weight excluding hydrogens is 324 g/mol. The summed E-state index contributed by atoms with van der Waals surface area (Å²) in [4.78, 5) is 25.7. The zero-order chi connectivity index (χ0) is 18.4. The minimum absolute atomic E-state index is 0.0231. The van der Waals surface area contributed by atoms with Crippen LogP contribution in [0.2, 0.25) is 0 Å². The van der Waals surface area contributed by atoms with Crippen LogP contribution in [0.5, 0.6) is 0 Å². The molecule has 1 aliphatic rings. The van der Waals surface area contributed by atoms with Crippen LogP contribution in [0.15, 0.2) is 60.1 Å². The molecule has 0 radical (unpaired) electrons. The second-order valence-electron chi connectivity index (χ2n) is 5.70. The minimum atomic E-state index is -1.22. The van der Waals surface area contributed by atoms with E-state index in [0.717, 1.165) is 11.4 Å². The third-order valence-corrected chi connectivity index (χ3v) is 3.59. The molecule has 0 saturated carbocycles. The van der Waals surface area contributed by atoms with Crippen molar-refractivity contribution in [3.63, 3.8) is 0 Å². The molecule has 0 bridgehead atoms. The highest BCUT2D eigenvalue weighted by Gasteiger charge is 2.36. The summed E-state index contributed by atoms with van der Waals surface area (Å²) in [5.74, 6) is -2.21. The Hall–Kier alpha value is -3.42. The zero-order valence-corrected chi connectivity index (χ0v) is 13.5. The average Bonchev–Trinajstić information content (AvgIpc) is 3.10. The lowest BCUT2D eigenvalue weighted by atomic mass is 9.79. The van der Waals surface area contributed by atoms with Crippen LogP contribution in [0.4, 0.5) is 0 Å². The first-order valence-corrected chi connectivity index (χ1v) is 7.38. The molecule has 0 amide bonds. The first kappa shape index (κ1) is 17.9. The van der Waals surface area contributed by atoms with Crippen LogP contribution in [0, 0.1) is 5.41 Å². The van der Waals surface area contributed by atoms with Crippen molar-refractivity contribution in [1.82, 2.24) is 15.2 Å². The molecule has 8 heteroatoms. The number of pyridine rings is 1. The van der Waals surface area contributed by atoms with Crippen LogP contribution in [0.3, 0.4) is 0 Å². The number of aromatic nitrogens is 3. The Kier molecular flexibility index (Phi) is 5.33. The number of nitrogens with zero attached hydrogens (tertiary/aromatic N) is 2. The molecule has 5 N–H and O–H groups in total. The van der Waals surface area contributed by atoms with Gasteiger partial charge in [-0.05, 0) is 43.7 Å². The summed E-state index contributed by atoms with van der Waals surface area (Å²) in [6.45, 7) is 1.44. The van der Waals surface area contributed by atoms with Crippen LogP contribution in [-0.4, -0.2) is 37.3 Å². The van der Waals surface area contributed by atoms with Gasteiger partial charge < -0.3 is 15.9 Å². The molecule has 0 spiro atoms. The molecule has 0 aliphatic heterocycles. The van der Waals surface area contributed by atoms with Crippen LogP contribution in [-0.2, 0) is 9.59 Å². The topological polar surface area (TPSA) is 142 Å². The van der Waals surface area contributed by atoms with Gasteiger partial charge in [-0.3, -0.25) is 14.9 Å². The Morgan fingerprint density at radius 3 is 2.52 bits per heavy atom. The number of allylic oxidation sites excluding steroid dienone is 1. The molecule has 2 aromatic heterocycles. The van der Waals surface area contributed by atoms with Crippen LogP contribution < -0.4 is 5.73 Å². The standard InChI is InChI=1S/C9H11NO4.C8H7N3/c1-9(8(13)14)3-5(7(11)12)2-6(10)4-9;1-2-5-9-7(3-1)8-4-6-10-11-8/h2,4H,3,10H2,1H3,(H,11,12)(H,13,14);1-6H,(H,10,11). The fourth-order valence-corrected chi connectivity index (χ4v) is 2.30. The third kappa shape index (κ3) is 4.54. The summed E-state index contributed by atoms with van der Waals surface area (Å²) in [7, 11) is 0. The number of hydrogen-bond acceptors (Lipinski definition) is 5. The van der Waals surface area contributed by atoms with Crippen molar-refractivity contribution < 1.29 is 19.8 Å². The van der Waals surface area contributed by atoms with Crippen LogP contribution in [0.1, 0.15) is 13.3 Å². The number of rotatable bonds is 3. The van der Waals surface area contributed by atoms with Crippen molar-refractivity contribution >= 4 is 11.9 Å². The van der Waals surface area contributed by atoms with E-state index in [9.17, 15) is 9.59 Å². The van der Waals surface area contributed by atoms with Gasteiger partial charge in [-0.25, -0.2) is 4.79 Å². The molecule has 0 aromatic carbocycles. The number of carboxylic acids is 2. The maximum Gasteiger partial charge on any atom is 0.331 e. The van der Waals surface area contributed by atoms with Gasteiger partial charge in [-0.15, -0.1) is 0 Å². The van der Waals surface area contributed by atoms with Gasteiger partial charge in [0.2, 0.25) is 0 Å². The third-order valence-electron chi connectivity index (χ3n) is 3.59. The van der Waals surface area contributed by atoms with Crippen LogP contribution in [0.25, 0.3) is 11.4 Å². The van der Waals surface area contributed by atoms with Gasteiger partial charge in [0, 0.05) is 23.7 Å². The highest BCUT2D eigenvalue weighted by molar-refractivity contribution is 5.90. The van der Waals surface area contributed by atoms with Gasteiger partial charge in [0.15, 0.2) is 0 Å². The van der Waals surface area contributed by atoms with E-state index in [-0.39, 0.29) is 17.7 Å². The van der Waals surface area contributed by atoms with Gasteiger partial charge in [-0.1, -0.05) is 6.07 Å². The predicted molar refractivity (Wildman–Crippen MR) is 90.2 cm³/mol. The lowest BCUT2D eigenvalue weighted by molar-refractivity contribution is -0.145. The van der Waals surface area contributed by atoms with E-state index in [1.54, 1.807) is 12.4 Å². The summed E-state index contributed by atoms with van der Waals surface area (Å²) in [5, 5.41) is 24.3. The van der Waals surface area contributed by atoms with Gasteiger partial charge in [-0.2, -0.15) is 5.10 Å². The molecule has 2 aromatic rings. The number of aromatic amines is 1. The molecule has 1 unspecified atom stereocenters. The number of nitrogens with one attached hydrogen (secondary N) is 1. The molecule has 3 rings (SSSR count). The number of H-pyrrole nitrogens is 1. The predicted octanol–water partition coefficient (Wildman–Crippen LogP) is 1.81. The summed E-state index contributed by atoms with van der Waals surface area (Å²) in [6, 6.07) is 7.67. The molecular formula is C17H18N4O4. The van der Waals surface area contributed by atoms with Gasteiger partial charge >= 0.3 is 11.9 Å². The summed E-state index contributed by atoms with van der Waals surface area (Å²) in [5.41, 5.74) is 6.29. The number of hydrogen-bond donors (Lipinski definition) is 4. The molecule has 1 atom stereocenters. The van der Waals surface area contributed by atoms with E-state index < -0.39 is 17.4 Å². The molecule has 130 valence electrons. The maximum atomic E-state index is 10.9. The monoisotopic (exact) mass is 342 g/mol. The normalized spacial score (nSPS) is 19.1. The fourth-order valence-electron chi connectivity index (χ4n) is 2.30. The molecule has 25 heavy (non-hydrogen) atoms.